The van der Waals surface area contributed by atoms with Crippen molar-refractivity contribution in [3.8, 4) is 5.88 Å². The number of fused-ring (bicyclic) bond motifs is 1. The Morgan fingerprint density at radius 2 is 1.90 bits per heavy atom. The van der Waals surface area contributed by atoms with Crippen molar-refractivity contribution in [2.45, 2.75) is 31.9 Å². The molecule has 1 aliphatic heterocycles. The zero-order chi connectivity index (χ0) is 20.5. The third kappa shape index (κ3) is 3.89. The predicted molar refractivity (Wildman–Crippen MR) is 117 cm³/mol. The van der Waals surface area contributed by atoms with E-state index in [-0.39, 0.29) is 12.0 Å². The van der Waals surface area contributed by atoms with Gasteiger partial charge in [-0.25, -0.2) is 15.0 Å². The quantitative estimate of drug-likeness (QED) is 0.674. The van der Waals surface area contributed by atoms with Crippen LogP contribution in [0.2, 0.25) is 0 Å². The second-order valence-corrected chi connectivity index (χ2v) is 8.75. The zero-order valence-electron chi connectivity index (χ0n) is 16.8. The van der Waals surface area contributed by atoms with Crippen molar-refractivity contribution in [2.75, 3.05) is 36.4 Å². The summed E-state index contributed by atoms with van der Waals surface area (Å²) in [4.78, 5) is 29.2. The minimum Gasteiger partial charge on any atom is -0.472 e. The van der Waals surface area contributed by atoms with Gasteiger partial charge >= 0.3 is 0 Å². The fourth-order valence-corrected chi connectivity index (χ4v) is 4.84. The summed E-state index contributed by atoms with van der Waals surface area (Å²) >= 11 is 1.68. The van der Waals surface area contributed by atoms with Crippen molar-refractivity contribution < 1.29 is 9.53 Å². The average Bonchev–Trinajstić information content (AvgIpc) is 3.15. The minimum atomic E-state index is 0.117. The molecule has 2 fully saturated rings. The van der Waals surface area contributed by atoms with Crippen LogP contribution in [0.25, 0.3) is 10.2 Å². The van der Waals surface area contributed by atoms with Gasteiger partial charge in [0.15, 0.2) is 10.9 Å². The molecule has 2 aromatic heterocycles. The third-order valence-electron chi connectivity index (χ3n) is 5.67. The lowest BCUT2D eigenvalue weighted by Gasteiger charge is -2.37. The highest BCUT2D eigenvalue weighted by Crippen LogP contribution is 2.33. The number of carbonyl (C=O) groups excluding carboxylic acids is 1. The van der Waals surface area contributed by atoms with Gasteiger partial charge in [0.2, 0.25) is 5.91 Å². The Hall–Kier alpha value is -2.94. The molecule has 0 atom stereocenters. The Labute approximate surface area is 178 Å². The summed E-state index contributed by atoms with van der Waals surface area (Å²) in [5, 5.41) is 4.48. The van der Waals surface area contributed by atoms with Crippen LogP contribution in [0.4, 0.5) is 10.9 Å². The lowest BCUT2D eigenvalue weighted by atomic mass is 9.89. The van der Waals surface area contributed by atoms with E-state index in [0.717, 1.165) is 42.4 Å². The van der Waals surface area contributed by atoms with Crippen LogP contribution >= 0.6 is 11.3 Å². The summed E-state index contributed by atoms with van der Waals surface area (Å²) in [6.07, 6.45) is 5.29. The van der Waals surface area contributed by atoms with Crippen molar-refractivity contribution in [3.05, 3.63) is 36.7 Å². The highest BCUT2D eigenvalue weighted by molar-refractivity contribution is 7.22. The molecule has 3 aromatic rings. The first kappa shape index (κ1) is 19.0. The summed E-state index contributed by atoms with van der Waals surface area (Å²) in [5.41, 5.74) is 1.03. The van der Waals surface area contributed by atoms with Gasteiger partial charge in [-0.2, -0.15) is 0 Å². The Bertz CT molecular complexity index is 1010. The Morgan fingerprint density at radius 1 is 1.13 bits per heavy atom. The van der Waals surface area contributed by atoms with Crippen LogP contribution in [-0.4, -0.2) is 64.1 Å². The maximum atomic E-state index is 11.6. The molecular formula is C21H24N6O2S. The largest absolute Gasteiger partial charge is 0.472 e. The van der Waals surface area contributed by atoms with E-state index in [1.807, 2.05) is 23.1 Å². The van der Waals surface area contributed by atoms with Crippen molar-refractivity contribution in [1.29, 1.82) is 0 Å². The molecule has 30 heavy (non-hydrogen) atoms. The molecule has 1 N–H and O–H groups in total. The van der Waals surface area contributed by atoms with Crippen LogP contribution in [0.15, 0.2) is 36.7 Å². The maximum Gasteiger partial charge on any atom is 0.257 e. The fourth-order valence-electron chi connectivity index (χ4n) is 3.90. The number of piperazine rings is 1. The monoisotopic (exact) mass is 424 g/mol. The SMILES string of the molecule is CC(=O)N1CCN(c2nccnc2O[C@H]2C[C@H](Nc3nc4ccccc4s3)C2)CC1. The van der Waals surface area contributed by atoms with Crippen molar-refractivity contribution in [3.63, 3.8) is 0 Å². The van der Waals surface area contributed by atoms with Crippen LogP contribution in [0, 0.1) is 0 Å². The van der Waals surface area contributed by atoms with Crippen LogP contribution in [0.1, 0.15) is 19.8 Å². The first-order chi connectivity index (χ1) is 14.7. The van der Waals surface area contributed by atoms with Crippen LogP contribution in [-0.2, 0) is 4.79 Å². The second-order valence-electron chi connectivity index (χ2n) is 7.72. The predicted octanol–water partition coefficient (Wildman–Crippen LogP) is 2.78. The van der Waals surface area contributed by atoms with Gasteiger partial charge in [0.1, 0.15) is 6.10 Å². The molecule has 8 nitrogen and oxygen atoms in total. The van der Waals surface area contributed by atoms with Crippen LogP contribution in [0.5, 0.6) is 5.88 Å². The number of para-hydroxylation sites is 1. The van der Waals surface area contributed by atoms with Crippen molar-refractivity contribution in [1.82, 2.24) is 19.9 Å². The molecule has 1 saturated carbocycles. The van der Waals surface area contributed by atoms with Gasteiger partial charge in [-0.3, -0.25) is 4.79 Å². The summed E-state index contributed by atoms with van der Waals surface area (Å²) in [6.45, 7) is 4.48. The number of carbonyl (C=O) groups is 1. The second kappa shape index (κ2) is 8.06. The third-order valence-corrected chi connectivity index (χ3v) is 6.63. The number of anilines is 2. The van der Waals surface area contributed by atoms with Gasteiger partial charge in [-0.1, -0.05) is 23.5 Å². The standard InChI is InChI=1S/C21H24N6O2S/c1-14(28)26-8-10-27(11-9-26)19-20(23-7-6-22-19)29-16-12-15(13-16)24-21-25-17-4-2-3-5-18(17)30-21/h2-7,15-16H,8-13H2,1H3,(H,24,25)/t15-,16-. The Morgan fingerprint density at radius 3 is 2.67 bits per heavy atom. The van der Waals surface area contributed by atoms with E-state index in [1.54, 1.807) is 30.7 Å². The molecule has 3 heterocycles. The molecule has 0 bridgehead atoms. The number of nitrogens with zero attached hydrogens (tertiary/aromatic N) is 5. The van der Waals surface area contributed by atoms with Gasteiger partial charge in [0.25, 0.3) is 5.88 Å². The smallest absolute Gasteiger partial charge is 0.257 e. The maximum absolute atomic E-state index is 11.6. The molecule has 1 aromatic carbocycles. The first-order valence-electron chi connectivity index (χ1n) is 10.3. The van der Waals surface area contributed by atoms with Crippen LogP contribution in [0.3, 0.4) is 0 Å². The molecule has 156 valence electrons. The van der Waals surface area contributed by atoms with Gasteiger partial charge in [0, 0.05) is 64.4 Å². The number of rotatable bonds is 5. The van der Waals surface area contributed by atoms with E-state index in [9.17, 15) is 4.79 Å². The first-order valence-corrected chi connectivity index (χ1v) is 11.1. The molecule has 1 saturated heterocycles. The van der Waals surface area contributed by atoms with Crippen LogP contribution < -0.4 is 15.0 Å². The number of benzene rings is 1. The molecule has 0 unspecified atom stereocenters. The highest BCUT2D eigenvalue weighted by Gasteiger charge is 2.33. The lowest BCUT2D eigenvalue weighted by Crippen LogP contribution is -2.48. The number of hydrogen-bond donors (Lipinski definition) is 1. The summed E-state index contributed by atoms with van der Waals surface area (Å²) in [7, 11) is 0. The fraction of sp³-hybridized carbons (Fsp3) is 0.429. The summed E-state index contributed by atoms with van der Waals surface area (Å²) in [6, 6.07) is 8.54. The van der Waals surface area contributed by atoms with Gasteiger partial charge < -0.3 is 19.9 Å². The molecule has 5 rings (SSSR count). The van der Waals surface area contributed by atoms with E-state index in [2.05, 4.69) is 31.2 Å². The molecule has 9 heteroatoms. The zero-order valence-corrected chi connectivity index (χ0v) is 17.6. The number of nitrogens with one attached hydrogen (secondary N) is 1. The lowest BCUT2D eigenvalue weighted by molar-refractivity contribution is -0.129. The van der Waals surface area contributed by atoms with E-state index in [4.69, 9.17) is 4.74 Å². The van der Waals surface area contributed by atoms with E-state index >= 15 is 0 Å². The molecular weight excluding hydrogens is 400 g/mol. The molecule has 2 aliphatic rings. The molecule has 1 amide bonds. The Kier molecular flexibility index (Phi) is 5.12. The highest BCUT2D eigenvalue weighted by atomic mass is 32.1. The normalized spacial score (nSPS) is 21.4. The van der Waals surface area contributed by atoms with Gasteiger partial charge in [0.05, 0.1) is 10.2 Å². The number of ether oxygens (including phenoxy) is 1. The number of aromatic nitrogens is 3. The summed E-state index contributed by atoms with van der Waals surface area (Å²) < 4.78 is 7.38. The van der Waals surface area contributed by atoms with Gasteiger partial charge in [-0.15, -0.1) is 0 Å². The molecule has 0 radical (unpaired) electrons. The van der Waals surface area contributed by atoms with E-state index in [0.29, 0.717) is 25.0 Å². The molecule has 0 spiro atoms. The van der Waals surface area contributed by atoms with E-state index in [1.165, 1.54) is 4.70 Å². The average molecular weight is 425 g/mol. The van der Waals surface area contributed by atoms with Crippen molar-refractivity contribution >= 4 is 38.4 Å². The molecule has 1 aliphatic carbocycles. The Balaban J connectivity index is 1.17. The topological polar surface area (TPSA) is 83.5 Å². The van der Waals surface area contributed by atoms with Crippen molar-refractivity contribution in [2.24, 2.45) is 0 Å². The summed E-state index contributed by atoms with van der Waals surface area (Å²) in [5.74, 6) is 1.46. The number of hydrogen-bond acceptors (Lipinski definition) is 8. The minimum absolute atomic E-state index is 0.117. The number of amides is 1. The van der Waals surface area contributed by atoms with Gasteiger partial charge in [-0.05, 0) is 12.1 Å². The number of thiazole rings is 1. The van der Waals surface area contributed by atoms with E-state index < -0.39 is 0 Å².